The summed E-state index contributed by atoms with van der Waals surface area (Å²) in [6, 6.07) is 4.08. The van der Waals surface area contributed by atoms with Crippen molar-refractivity contribution in [1.29, 1.82) is 0 Å². The van der Waals surface area contributed by atoms with Gasteiger partial charge in [0.05, 0.1) is 17.6 Å². The fourth-order valence-corrected chi connectivity index (χ4v) is 3.51. The van der Waals surface area contributed by atoms with Crippen LogP contribution in [-0.2, 0) is 4.79 Å². The van der Waals surface area contributed by atoms with E-state index in [2.05, 4.69) is 25.2 Å². The van der Waals surface area contributed by atoms with Gasteiger partial charge in [0.25, 0.3) is 0 Å². The van der Waals surface area contributed by atoms with Crippen molar-refractivity contribution in [2.75, 3.05) is 25.0 Å². The van der Waals surface area contributed by atoms with Crippen molar-refractivity contribution in [3.63, 3.8) is 0 Å². The third-order valence-corrected chi connectivity index (χ3v) is 4.65. The Morgan fingerprint density at radius 3 is 3.17 bits per heavy atom. The van der Waals surface area contributed by atoms with E-state index in [-0.39, 0.29) is 11.8 Å². The molecule has 1 saturated heterocycles. The number of rotatable bonds is 2. The van der Waals surface area contributed by atoms with Crippen LogP contribution >= 0.6 is 0 Å². The van der Waals surface area contributed by atoms with Gasteiger partial charge in [0.2, 0.25) is 5.91 Å². The number of pyridine rings is 2. The van der Waals surface area contributed by atoms with Gasteiger partial charge in [-0.2, -0.15) is 0 Å². The number of hydrogen-bond donors (Lipinski definition) is 2. The lowest BCUT2D eigenvalue weighted by Gasteiger charge is -2.34. The zero-order valence-corrected chi connectivity index (χ0v) is 13.0. The smallest absolute Gasteiger partial charge is 0.224 e. The molecule has 0 aliphatic carbocycles. The van der Waals surface area contributed by atoms with Gasteiger partial charge in [-0.25, -0.2) is 4.98 Å². The van der Waals surface area contributed by atoms with Crippen molar-refractivity contribution in [1.82, 2.24) is 20.3 Å². The Bertz CT molecular complexity index is 872. The number of piperidine rings is 1. The highest BCUT2D eigenvalue weighted by molar-refractivity contribution is 6.10. The number of hydrogen-bond acceptors (Lipinski definition) is 4. The number of carbonyl (C=O) groups excluding carboxylic acids is 1. The highest BCUT2D eigenvalue weighted by atomic mass is 16.1. The highest BCUT2D eigenvalue weighted by Crippen LogP contribution is 2.33. The second kappa shape index (κ2) is 5.53. The van der Waals surface area contributed by atoms with Crippen molar-refractivity contribution >= 4 is 33.5 Å². The highest BCUT2D eigenvalue weighted by Gasteiger charge is 2.26. The summed E-state index contributed by atoms with van der Waals surface area (Å²) in [6.07, 6.45) is 7.49. The Morgan fingerprint density at radius 1 is 1.39 bits per heavy atom. The lowest BCUT2D eigenvalue weighted by atomic mass is 9.96. The summed E-state index contributed by atoms with van der Waals surface area (Å²) in [6.45, 7) is 1.70. The summed E-state index contributed by atoms with van der Waals surface area (Å²) >= 11 is 0. The molecule has 1 aliphatic heterocycles. The molecule has 3 aromatic heterocycles. The molecule has 0 spiro atoms. The quantitative estimate of drug-likeness (QED) is 0.760. The lowest BCUT2D eigenvalue weighted by molar-refractivity contribution is -0.124. The summed E-state index contributed by atoms with van der Waals surface area (Å²) in [7, 11) is 1.71. The van der Waals surface area contributed by atoms with Gasteiger partial charge in [-0.3, -0.25) is 9.78 Å². The zero-order valence-electron chi connectivity index (χ0n) is 13.0. The lowest BCUT2D eigenvalue weighted by Crippen LogP contribution is -2.42. The maximum Gasteiger partial charge on any atom is 0.224 e. The molecule has 6 nitrogen and oxygen atoms in total. The van der Waals surface area contributed by atoms with E-state index in [0.29, 0.717) is 0 Å². The first-order valence-corrected chi connectivity index (χ1v) is 7.95. The van der Waals surface area contributed by atoms with Crippen LogP contribution in [0.2, 0.25) is 0 Å². The van der Waals surface area contributed by atoms with Crippen molar-refractivity contribution in [3.8, 4) is 0 Å². The summed E-state index contributed by atoms with van der Waals surface area (Å²) in [4.78, 5) is 26.3. The van der Waals surface area contributed by atoms with E-state index in [1.165, 1.54) is 0 Å². The summed E-state index contributed by atoms with van der Waals surface area (Å²) in [5, 5.41) is 4.96. The third-order valence-electron chi connectivity index (χ3n) is 4.65. The number of nitrogens with one attached hydrogen (secondary N) is 2. The second-order valence-corrected chi connectivity index (χ2v) is 5.99. The number of H-pyrrole nitrogens is 1. The Balaban J connectivity index is 1.82. The van der Waals surface area contributed by atoms with Gasteiger partial charge in [-0.1, -0.05) is 0 Å². The van der Waals surface area contributed by atoms with Gasteiger partial charge >= 0.3 is 0 Å². The largest absolute Gasteiger partial charge is 0.370 e. The van der Waals surface area contributed by atoms with Crippen molar-refractivity contribution in [3.05, 3.63) is 30.7 Å². The second-order valence-electron chi connectivity index (χ2n) is 5.99. The maximum atomic E-state index is 12.0. The molecule has 1 fully saturated rings. The van der Waals surface area contributed by atoms with E-state index in [4.69, 9.17) is 0 Å². The Morgan fingerprint density at radius 2 is 2.30 bits per heavy atom. The van der Waals surface area contributed by atoms with E-state index in [9.17, 15) is 4.79 Å². The minimum atomic E-state index is 0.0421. The number of aromatic amines is 1. The van der Waals surface area contributed by atoms with Crippen LogP contribution in [0.4, 0.5) is 5.69 Å². The van der Waals surface area contributed by atoms with E-state index in [1.54, 1.807) is 13.2 Å². The molecule has 1 aliphatic rings. The molecule has 3 aromatic rings. The third kappa shape index (κ3) is 2.30. The standard InChI is InChI=1S/C17H19N5O/c1-18-17(23)11-3-2-8-22(10-11)14-5-7-19-13-9-21-16-12(15(13)14)4-6-20-16/h4-7,9,11H,2-3,8,10H2,1H3,(H,18,23)(H,20,21). The monoisotopic (exact) mass is 309 g/mol. The van der Waals surface area contributed by atoms with Crippen LogP contribution in [0.15, 0.2) is 30.7 Å². The molecule has 4 rings (SSSR count). The molecule has 2 N–H and O–H groups in total. The molecule has 0 saturated carbocycles. The molecule has 23 heavy (non-hydrogen) atoms. The maximum absolute atomic E-state index is 12.0. The molecule has 0 radical (unpaired) electrons. The van der Waals surface area contributed by atoms with Crippen LogP contribution in [0.25, 0.3) is 21.9 Å². The Kier molecular flexibility index (Phi) is 3.37. The van der Waals surface area contributed by atoms with Gasteiger partial charge in [-0.05, 0) is 25.0 Å². The van der Waals surface area contributed by atoms with E-state index < -0.39 is 0 Å². The fourth-order valence-electron chi connectivity index (χ4n) is 3.51. The van der Waals surface area contributed by atoms with Crippen LogP contribution in [0.1, 0.15) is 12.8 Å². The fraction of sp³-hybridized carbons (Fsp3) is 0.353. The molecule has 6 heteroatoms. The molecule has 0 aromatic carbocycles. The van der Waals surface area contributed by atoms with E-state index in [0.717, 1.165) is 53.6 Å². The minimum absolute atomic E-state index is 0.0421. The Labute approximate surface area is 133 Å². The van der Waals surface area contributed by atoms with Gasteiger partial charge < -0.3 is 15.2 Å². The number of anilines is 1. The van der Waals surface area contributed by atoms with Gasteiger partial charge in [0.1, 0.15) is 5.65 Å². The van der Waals surface area contributed by atoms with Crippen LogP contribution in [0.5, 0.6) is 0 Å². The van der Waals surface area contributed by atoms with Crippen LogP contribution in [0.3, 0.4) is 0 Å². The molecular formula is C17H19N5O. The SMILES string of the molecule is CNC(=O)C1CCCN(c2ccnc3cnc4[nH]ccc4c23)C1. The predicted molar refractivity (Wildman–Crippen MR) is 90.4 cm³/mol. The number of fused-ring (bicyclic) bond motifs is 3. The summed E-state index contributed by atoms with van der Waals surface area (Å²) in [5.41, 5.74) is 2.89. The van der Waals surface area contributed by atoms with Crippen LogP contribution in [-0.4, -0.2) is 41.0 Å². The number of carbonyl (C=O) groups is 1. The normalized spacial score (nSPS) is 18.5. The molecular weight excluding hydrogens is 290 g/mol. The van der Waals surface area contributed by atoms with Gasteiger partial charge in [0.15, 0.2) is 0 Å². The molecule has 1 amide bonds. The summed E-state index contributed by atoms with van der Waals surface area (Å²) in [5.74, 6) is 0.169. The molecule has 0 bridgehead atoms. The molecule has 118 valence electrons. The zero-order chi connectivity index (χ0) is 15.8. The predicted octanol–water partition coefficient (Wildman–Crippen LogP) is 2.07. The van der Waals surface area contributed by atoms with Crippen LogP contribution in [0, 0.1) is 5.92 Å². The van der Waals surface area contributed by atoms with Crippen molar-refractivity contribution in [2.45, 2.75) is 12.8 Å². The average Bonchev–Trinajstić information content (AvgIpc) is 3.09. The van der Waals surface area contributed by atoms with Crippen molar-refractivity contribution in [2.24, 2.45) is 5.92 Å². The summed E-state index contributed by atoms with van der Waals surface area (Å²) < 4.78 is 0. The Hall–Kier alpha value is -2.63. The average molecular weight is 309 g/mol. The first kappa shape index (κ1) is 14.0. The molecule has 4 heterocycles. The molecule has 1 unspecified atom stereocenters. The first-order valence-electron chi connectivity index (χ1n) is 7.95. The van der Waals surface area contributed by atoms with Gasteiger partial charge in [-0.15, -0.1) is 0 Å². The molecule has 1 atom stereocenters. The van der Waals surface area contributed by atoms with E-state index in [1.807, 2.05) is 24.5 Å². The number of aromatic nitrogens is 3. The van der Waals surface area contributed by atoms with E-state index >= 15 is 0 Å². The van der Waals surface area contributed by atoms with Crippen LogP contribution < -0.4 is 10.2 Å². The first-order chi connectivity index (χ1) is 11.3. The number of nitrogens with zero attached hydrogens (tertiary/aromatic N) is 3. The number of amides is 1. The van der Waals surface area contributed by atoms with Crippen molar-refractivity contribution < 1.29 is 4.79 Å². The minimum Gasteiger partial charge on any atom is -0.370 e. The van der Waals surface area contributed by atoms with Gasteiger partial charge in [0, 0.05) is 49.0 Å². The topological polar surface area (TPSA) is 73.9 Å².